The van der Waals surface area contributed by atoms with Crippen molar-refractivity contribution in [3.8, 4) is 0 Å². The first-order valence-corrected chi connectivity index (χ1v) is 11.1. The summed E-state index contributed by atoms with van der Waals surface area (Å²) in [7, 11) is 0. The van der Waals surface area contributed by atoms with Crippen LogP contribution in [0.1, 0.15) is 50.0 Å². The number of hydrogen-bond donors (Lipinski definition) is 4. The lowest BCUT2D eigenvalue weighted by molar-refractivity contribution is -0.125. The van der Waals surface area contributed by atoms with Gasteiger partial charge in [-0.1, -0.05) is 43.1 Å². The summed E-state index contributed by atoms with van der Waals surface area (Å²) >= 11 is 12.8. The van der Waals surface area contributed by atoms with E-state index in [-0.39, 0.29) is 11.1 Å². The Balaban J connectivity index is 1.83. The number of para-hydroxylation sites is 1. The van der Waals surface area contributed by atoms with E-state index in [0.29, 0.717) is 39.9 Å². The highest BCUT2D eigenvalue weighted by molar-refractivity contribution is 6.39. The van der Waals surface area contributed by atoms with E-state index in [1.807, 2.05) is 4.90 Å². The third-order valence-electron chi connectivity index (χ3n) is 6.51. The minimum atomic E-state index is -1.16. The van der Waals surface area contributed by atoms with Gasteiger partial charge < -0.3 is 26.4 Å². The molecule has 10 heteroatoms. The standard InChI is InChI=1S/C22H25Cl2N5O3/c1-21(2)6-8-22(9-7-21,19(25)32)29-16-10-14(18(30)31)26-11-15(16)27-20(29)28-17-12(23)4-3-5-13(17)24/h3-5,10-11,20,27-28H,6-9H2,1-2H3,(H2,25,32)(H,30,31). The summed E-state index contributed by atoms with van der Waals surface area (Å²) in [6.45, 7) is 4.33. The minimum absolute atomic E-state index is 0.0778. The smallest absolute Gasteiger partial charge is 0.354 e. The van der Waals surface area contributed by atoms with Crippen LogP contribution in [0.25, 0.3) is 0 Å². The molecule has 0 radical (unpaired) electrons. The van der Waals surface area contributed by atoms with E-state index in [9.17, 15) is 14.7 Å². The molecule has 0 spiro atoms. The number of amides is 1. The number of nitrogens with zero attached hydrogens (tertiary/aromatic N) is 2. The fourth-order valence-corrected chi connectivity index (χ4v) is 5.03. The first-order valence-electron chi connectivity index (χ1n) is 10.3. The summed E-state index contributed by atoms with van der Waals surface area (Å²) in [5, 5.41) is 16.9. The molecule has 32 heavy (non-hydrogen) atoms. The van der Waals surface area contributed by atoms with E-state index >= 15 is 0 Å². The van der Waals surface area contributed by atoms with Gasteiger partial charge >= 0.3 is 5.97 Å². The Morgan fingerprint density at radius 1 is 1.22 bits per heavy atom. The SMILES string of the molecule is CC1(C)CCC(C(N)=O)(N2c3cc(C(=O)O)ncc3NC2Nc2c(Cl)cccc2Cl)CC1. The predicted octanol–water partition coefficient (Wildman–Crippen LogP) is 4.54. The van der Waals surface area contributed by atoms with Gasteiger partial charge in [-0.25, -0.2) is 9.78 Å². The van der Waals surface area contributed by atoms with Crippen molar-refractivity contribution >= 4 is 52.1 Å². The number of benzene rings is 1. The van der Waals surface area contributed by atoms with Gasteiger partial charge in [-0.2, -0.15) is 0 Å². The Bertz CT molecular complexity index is 1060. The van der Waals surface area contributed by atoms with Gasteiger partial charge in [-0.15, -0.1) is 0 Å². The predicted molar refractivity (Wildman–Crippen MR) is 125 cm³/mol. The zero-order valence-electron chi connectivity index (χ0n) is 17.8. The van der Waals surface area contributed by atoms with Crippen LogP contribution < -0.4 is 21.3 Å². The lowest BCUT2D eigenvalue weighted by Gasteiger charge is -2.49. The molecule has 1 aromatic carbocycles. The molecule has 0 bridgehead atoms. The maximum Gasteiger partial charge on any atom is 0.354 e. The van der Waals surface area contributed by atoms with E-state index in [1.165, 1.54) is 12.3 Å². The van der Waals surface area contributed by atoms with Gasteiger partial charge in [0.05, 0.1) is 33.3 Å². The molecule has 1 aliphatic carbocycles. The largest absolute Gasteiger partial charge is 0.477 e. The molecule has 170 valence electrons. The number of carbonyl (C=O) groups excluding carboxylic acids is 1. The summed E-state index contributed by atoms with van der Waals surface area (Å²) in [6.07, 6.45) is 3.42. The number of hydrogen-bond acceptors (Lipinski definition) is 6. The topological polar surface area (TPSA) is 121 Å². The average molecular weight is 478 g/mol. The zero-order chi connectivity index (χ0) is 23.3. The van der Waals surface area contributed by atoms with Crippen LogP contribution in [0.3, 0.4) is 0 Å². The molecule has 8 nitrogen and oxygen atoms in total. The molecule has 2 aliphatic rings. The Hall–Kier alpha value is -2.71. The van der Waals surface area contributed by atoms with Crippen LogP contribution in [0.2, 0.25) is 10.0 Å². The molecule has 1 fully saturated rings. The number of carbonyl (C=O) groups is 2. The Morgan fingerprint density at radius 2 is 1.84 bits per heavy atom. The molecular formula is C22H25Cl2N5O3. The Labute approximate surface area is 196 Å². The van der Waals surface area contributed by atoms with Crippen molar-refractivity contribution in [2.24, 2.45) is 11.1 Å². The van der Waals surface area contributed by atoms with Gasteiger partial charge in [0.15, 0.2) is 6.29 Å². The van der Waals surface area contributed by atoms with E-state index in [0.717, 1.165) is 12.8 Å². The number of halogens is 2. The molecule has 1 amide bonds. The summed E-state index contributed by atoms with van der Waals surface area (Å²) in [5.74, 6) is -1.62. The average Bonchev–Trinajstić information content (AvgIpc) is 3.08. The van der Waals surface area contributed by atoms with Gasteiger partial charge in [-0.05, 0) is 49.3 Å². The summed E-state index contributed by atoms with van der Waals surface area (Å²) in [6, 6.07) is 6.62. The quantitative estimate of drug-likeness (QED) is 0.498. The lowest BCUT2D eigenvalue weighted by Crippen LogP contribution is -2.64. The second kappa shape index (κ2) is 8.01. The molecule has 1 aliphatic heterocycles. The molecule has 2 aromatic rings. The van der Waals surface area contributed by atoms with E-state index in [4.69, 9.17) is 28.9 Å². The molecular weight excluding hydrogens is 453 g/mol. The van der Waals surface area contributed by atoms with E-state index in [1.54, 1.807) is 18.2 Å². The van der Waals surface area contributed by atoms with Crippen molar-refractivity contribution in [1.29, 1.82) is 0 Å². The normalized spacial score (nSPS) is 20.9. The number of nitrogens with two attached hydrogens (primary N) is 1. The fourth-order valence-electron chi connectivity index (χ4n) is 4.52. The third-order valence-corrected chi connectivity index (χ3v) is 7.14. The van der Waals surface area contributed by atoms with Crippen molar-refractivity contribution < 1.29 is 14.7 Å². The highest BCUT2D eigenvalue weighted by Crippen LogP contribution is 2.49. The van der Waals surface area contributed by atoms with Gasteiger partial charge in [0.1, 0.15) is 11.2 Å². The van der Waals surface area contributed by atoms with Gasteiger partial charge in [0, 0.05) is 0 Å². The number of aromatic nitrogens is 1. The highest BCUT2D eigenvalue weighted by Gasteiger charge is 2.52. The van der Waals surface area contributed by atoms with Crippen molar-refractivity contribution in [2.75, 3.05) is 15.5 Å². The first kappa shape index (κ1) is 22.5. The van der Waals surface area contributed by atoms with Crippen LogP contribution >= 0.6 is 23.2 Å². The van der Waals surface area contributed by atoms with Crippen LogP contribution in [0.5, 0.6) is 0 Å². The first-order chi connectivity index (χ1) is 15.0. The number of pyridine rings is 1. The molecule has 1 aromatic heterocycles. The minimum Gasteiger partial charge on any atom is -0.477 e. The molecule has 5 N–H and O–H groups in total. The zero-order valence-corrected chi connectivity index (χ0v) is 19.3. The summed E-state index contributed by atoms with van der Waals surface area (Å²) < 4.78 is 0. The Morgan fingerprint density at radius 3 is 2.41 bits per heavy atom. The molecule has 0 saturated heterocycles. The number of primary amides is 1. The lowest BCUT2D eigenvalue weighted by atomic mass is 9.68. The number of rotatable bonds is 5. The molecule has 1 unspecified atom stereocenters. The monoisotopic (exact) mass is 477 g/mol. The van der Waals surface area contributed by atoms with Gasteiger partial charge in [0.25, 0.3) is 0 Å². The van der Waals surface area contributed by atoms with Crippen LogP contribution in [0, 0.1) is 5.41 Å². The van der Waals surface area contributed by atoms with Crippen LogP contribution in [-0.4, -0.2) is 33.8 Å². The highest BCUT2D eigenvalue weighted by atomic mass is 35.5. The number of carboxylic acid groups (broad SMARTS) is 1. The van der Waals surface area contributed by atoms with Gasteiger partial charge in [0.2, 0.25) is 5.91 Å². The van der Waals surface area contributed by atoms with Crippen LogP contribution in [0.15, 0.2) is 30.5 Å². The number of anilines is 3. The number of carboxylic acids is 1. The summed E-state index contributed by atoms with van der Waals surface area (Å²) in [4.78, 5) is 30.4. The third kappa shape index (κ3) is 3.82. The molecule has 1 atom stereocenters. The maximum absolute atomic E-state index is 13.0. The molecule has 1 saturated carbocycles. The number of aromatic carboxylic acids is 1. The fraction of sp³-hybridized carbons (Fsp3) is 0.409. The van der Waals surface area contributed by atoms with Crippen molar-refractivity contribution in [2.45, 2.75) is 51.4 Å². The summed E-state index contributed by atoms with van der Waals surface area (Å²) in [5.41, 5.74) is 6.56. The van der Waals surface area contributed by atoms with E-state index in [2.05, 4.69) is 29.5 Å². The maximum atomic E-state index is 13.0. The van der Waals surface area contributed by atoms with Gasteiger partial charge in [-0.3, -0.25) is 4.79 Å². The van der Waals surface area contributed by atoms with Crippen LogP contribution in [-0.2, 0) is 4.79 Å². The molecule has 4 rings (SSSR count). The van der Waals surface area contributed by atoms with Crippen molar-refractivity contribution in [3.63, 3.8) is 0 Å². The Kier molecular flexibility index (Phi) is 5.63. The second-order valence-electron chi connectivity index (χ2n) is 9.11. The number of nitrogens with one attached hydrogen (secondary N) is 2. The van der Waals surface area contributed by atoms with Crippen molar-refractivity contribution in [3.05, 3.63) is 46.2 Å². The van der Waals surface area contributed by atoms with Crippen LogP contribution in [0.4, 0.5) is 17.1 Å². The van der Waals surface area contributed by atoms with E-state index < -0.39 is 23.7 Å². The number of fused-ring (bicyclic) bond motifs is 1. The molecule has 2 heterocycles. The van der Waals surface area contributed by atoms with Crippen molar-refractivity contribution in [1.82, 2.24) is 4.98 Å². The second-order valence-corrected chi connectivity index (χ2v) is 9.92.